The van der Waals surface area contributed by atoms with E-state index in [1.807, 2.05) is 6.92 Å². The molecule has 0 heterocycles. The number of ketones is 1. The number of hydrogen-bond donors (Lipinski definition) is 1. The maximum Gasteiger partial charge on any atom is 0.302 e. The van der Waals surface area contributed by atoms with Crippen LogP contribution in [0.5, 0.6) is 0 Å². The van der Waals surface area contributed by atoms with Gasteiger partial charge < -0.3 is 9.84 Å². The van der Waals surface area contributed by atoms with Crippen LogP contribution in [0.2, 0.25) is 0 Å². The smallest absolute Gasteiger partial charge is 0.302 e. The summed E-state index contributed by atoms with van der Waals surface area (Å²) in [7, 11) is 0. The number of carbonyl (C=O) groups is 2. The monoisotopic (exact) mass is 366 g/mol. The van der Waals surface area contributed by atoms with Crippen LogP contribution in [0.25, 0.3) is 0 Å². The van der Waals surface area contributed by atoms with Crippen molar-refractivity contribution < 1.29 is 23.8 Å². The van der Waals surface area contributed by atoms with Crippen molar-refractivity contribution in [2.45, 2.75) is 90.0 Å². The molecule has 146 valence electrons. The van der Waals surface area contributed by atoms with Gasteiger partial charge in [-0.2, -0.15) is 0 Å². The Bertz CT molecular complexity index is 636. The van der Waals surface area contributed by atoms with Crippen molar-refractivity contribution in [2.75, 3.05) is 0 Å². The van der Waals surface area contributed by atoms with Gasteiger partial charge in [-0.3, -0.25) is 9.59 Å². The number of esters is 1. The van der Waals surface area contributed by atoms with Crippen molar-refractivity contribution in [3.8, 4) is 0 Å². The molecule has 0 radical (unpaired) electrons. The first-order valence-corrected chi connectivity index (χ1v) is 10.2. The minimum Gasteiger partial charge on any atom is -0.462 e. The van der Waals surface area contributed by atoms with Gasteiger partial charge in [0.15, 0.2) is 11.5 Å². The average Bonchev–Trinajstić information content (AvgIpc) is 2.87. The summed E-state index contributed by atoms with van der Waals surface area (Å²) in [5.74, 6) is 0.107. The van der Waals surface area contributed by atoms with E-state index in [0.717, 1.165) is 25.7 Å². The van der Waals surface area contributed by atoms with Crippen molar-refractivity contribution in [1.82, 2.24) is 0 Å². The van der Waals surface area contributed by atoms with Crippen molar-refractivity contribution in [3.63, 3.8) is 0 Å². The summed E-state index contributed by atoms with van der Waals surface area (Å²) in [5.41, 5.74) is -2.66. The van der Waals surface area contributed by atoms with Gasteiger partial charge in [-0.15, -0.1) is 0 Å². The number of alkyl halides is 1. The molecule has 1 N–H and O–H groups in total. The van der Waals surface area contributed by atoms with Crippen molar-refractivity contribution in [2.24, 2.45) is 28.6 Å². The van der Waals surface area contributed by atoms with E-state index in [1.54, 1.807) is 0 Å². The molecule has 0 spiro atoms. The molecule has 4 aliphatic rings. The number of aliphatic hydroxyl groups is 1. The molecule has 4 saturated carbocycles. The number of halogens is 1. The molecule has 0 aromatic carbocycles. The molecule has 0 aliphatic heterocycles. The summed E-state index contributed by atoms with van der Waals surface area (Å²) in [4.78, 5) is 24.5. The van der Waals surface area contributed by atoms with Crippen LogP contribution in [-0.4, -0.2) is 34.7 Å². The number of fused-ring (bicyclic) bond motifs is 5. The summed E-state index contributed by atoms with van der Waals surface area (Å²) >= 11 is 0. The fraction of sp³-hybridized carbons (Fsp3) is 0.905. The van der Waals surface area contributed by atoms with Gasteiger partial charge in [0.2, 0.25) is 0 Å². The number of aliphatic hydroxyl groups excluding tert-OH is 1. The minimum absolute atomic E-state index is 0.0381. The van der Waals surface area contributed by atoms with Gasteiger partial charge >= 0.3 is 5.97 Å². The van der Waals surface area contributed by atoms with Crippen molar-refractivity contribution in [3.05, 3.63) is 0 Å². The fourth-order valence-corrected chi connectivity index (χ4v) is 7.32. The predicted octanol–water partition coefficient (Wildman–Crippen LogP) is 3.59. The van der Waals surface area contributed by atoms with Gasteiger partial charge in [0.25, 0.3) is 0 Å². The predicted molar refractivity (Wildman–Crippen MR) is 94.0 cm³/mol. The second-order valence-corrected chi connectivity index (χ2v) is 9.84. The van der Waals surface area contributed by atoms with Crippen LogP contribution in [0.3, 0.4) is 0 Å². The number of ether oxygens (including phenoxy) is 1. The zero-order valence-electron chi connectivity index (χ0n) is 16.1. The molecule has 0 aromatic rings. The Morgan fingerprint density at radius 2 is 1.88 bits per heavy atom. The first-order valence-electron chi connectivity index (χ1n) is 10.2. The second kappa shape index (κ2) is 5.76. The molecular formula is C21H31FO4. The highest BCUT2D eigenvalue weighted by Crippen LogP contribution is 2.67. The Balaban J connectivity index is 1.66. The summed E-state index contributed by atoms with van der Waals surface area (Å²) in [5, 5.41) is 10.0. The average molecular weight is 366 g/mol. The standard InChI is InChI=1S/C21H31FO4/c1-12(23)26-18-5-4-15-14-10-17(25)21(22)11-13(24)6-9-20(21,3)16(14)7-8-19(15,18)2/h13-16,18,24H,4-11H2,1-3H3/t13-,14-,15-,16?,18-,19-,20+,21-/m0/s1. The molecule has 4 fully saturated rings. The van der Waals surface area contributed by atoms with Crippen LogP contribution in [0.15, 0.2) is 0 Å². The van der Waals surface area contributed by atoms with E-state index in [9.17, 15) is 14.7 Å². The van der Waals surface area contributed by atoms with E-state index >= 15 is 4.39 Å². The Morgan fingerprint density at radius 1 is 1.15 bits per heavy atom. The Morgan fingerprint density at radius 3 is 2.58 bits per heavy atom. The summed E-state index contributed by atoms with van der Waals surface area (Å²) in [6.45, 7) is 5.61. The fourth-order valence-electron chi connectivity index (χ4n) is 7.32. The van der Waals surface area contributed by atoms with Gasteiger partial charge in [0, 0.05) is 30.6 Å². The number of Topliss-reactive ketones (excluding diaryl/α,β-unsaturated/α-hetero) is 1. The third-order valence-electron chi connectivity index (χ3n) is 8.76. The van der Waals surface area contributed by atoms with Gasteiger partial charge in [-0.1, -0.05) is 13.8 Å². The van der Waals surface area contributed by atoms with Crippen LogP contribution in [0.1, 0.15) is 72.1 Å². The molecule has 8 atom stereocenters. The third kappa shape index (κ3) is 2.28. The lowest BCUT2D eigenvalue weighted by Crippen LogP contribution is -2.65. The zero-order valence-corrected chi connectivity index (χ0v) is 16.1. The van der Waals surface area contributed by atoms with E-state index < -0.39 is 17.2 Å². The molecule has 26 heavy (non-hydrogen) atoms. The molecule has 4 aliphatic carbocycles. The van der Waals surface area contributed by atoms with Gasteiger partial charge in [-0.05, 0) is 56.3 Å². The molecular weight excluding hydrogens is 335 g/mol. The normalized spacial score (nSPS) is 53.4. The van der Waals surface area contributed by atoms with Crippen LogP contribution in [0.4, 0.5) is 4.39 Å². The molecule has 1 unspecified atom stereocenters. The van der Waals surface area contributed by atoms with E-state index in [1.165, 1.54) is 6.92 Å². The largest absolute Gasteiger partial charge is 0.462 e. The molecule has 0 aromatic heterocycles. The van der Waals surface area contributed by atoms with E-state index in [0.29, 0.717) is 18.8 Å². The van der Waals surface area contributed by atoms with Crippen LogP contribution in [-0.2, 0) is 14.3 Å². The maximum absolute atomic E-state index is 15.9. The molecule has 5 heteroatoms. The van der Waals surface area contributed by atoms with Gasteiger partial charge in [0.1, 0.15) is 6.10 Å². The SMILES string of the molecule is CC(=O)O[C@H]1CC[C@H]2[C@@H]3CC(=O)[C@@]4(F)C[C@@H](O)CC[C@]4(C)C3CC[C@]12C. The molecule has 4 nitrogen and oxygen atoms in total. The first-order chi connectivity index (χ1) is 12.1. The van der Waals surface area contributed by atoms with Crippen molar-refractivity contribution in [1.29, 1.82) is 0 Å². The first kappa shape index (κ1) is 18.4. The minimum atomic E-state index is -1.88. The molecule has 0 bridgehead atoms. The van der Waals surface area contributed by atoms with E-state index in [-0.39, 0.29) is 47.9 Å². The third-order valence-corrected chi connectivity index (χ3v) is 8.76. The highest BCUT2D eigenvalue weighted by molar-refractivity contribution is 5.90. The lowest BCUT2D eigenvalue weighted by molar-refractivity contribution is -0.194. The Labute approximate surface area is 154 Å². The molecule has 4 rings (SSSR count). The Hall–Kier alpha value is -0.970. The van der Waals surface area contributed by atoms with Gasteiger partial charge in [0.05, 0.1) is 6.10 Å². The van der Waals surface area contributed by atoms with Crippen LogP contribution < -0.4 is 0 Å². The second-order valence-electron chi connectivity index (χ2n) is 9.84. The summed E-state index contributed by atoms with van der Waals surface area (Å²) in [6.07, 6.45) is 4.18. The Kier molecular flexibility index (Phi) is 4.08. The lowest BCUT2D eigenvalue weighted by atomic mass is 9.44. The summed E-state index contributed by atoms with van der Waals surface area (Å²) < 4.78 is 21.6. The van der Waals surface area contributed by atoms with Gasteiger partial charge in [-0.25, -0.2) is 4.39 Å². The zero-order chi connectivity index (χ0) is 18.9. The lowest BCUT2D eigenvalue weighted by Gasteiger charge is -2.61. The van der Waals surface area contributed by atoms with E-state index in [4.69, 9.17) is 4.74 Å². The number of carbonyl (C=O) groups excluding carboxylic acids is 2. The van der Waals surface area contributed by atoms with Crippen molar-refractivity contribution >= 4 is 11.8 Å². The molecule has 0 amide bonds. The number of rotatable bonds is 1. The highest BCUT2D eigenvalue weighted by Gasteiger charge is 2.68. The van der Waals surface area contributed by atoms with E-state index in [2.05, 4.69) is 6.92 Å². The molecule has 0 saturated heterocycles. The van der Waals surface area contributed by atoms with Crippen LogP contribution in [0, 0.1) is 28.6 Å². The topological polar surface area (TPSA) is 63.6 Å². The summed E-state index contributed by atoms with van der Waals surface area (Å²) in [6, 6.07) is 0. The number of hydrogen-bond acceptors (Lipinski definition) is 4. The highest BCUT2D eigenvalue weighted by atomic mass is 19.1. The maximum atomic E-state index is 15.9. The quantitative estimate of drug-likeness (QED) is 0.720. The van der Waals surface area contributed by atoms with Crippen LogP contribution >= 0.6 is 0 Å².